The van der Waals surface area contributed by atoms with Crippen molar-refractivity contribution in [3.63, 3.8) is 0 Å². The Labute approximate surface area is 34.0 Å². The van der Waals surface area contributed by atoms with Crippen LogP contribution >= 0.6 is 0 Å². The summed E-state index contributed by atoms with van der Waals surface area (Å²) in [6.07, 6.45) is 0. The molecule has 0 unspecified atom stereocenters. The minimum atomic E-state index is -3.12. The largest absolute Gasteiger partial charge is 0.273 e. The smallest absolute Gasteiger partial charge is 0.245 e. The van der Waals surface area contributed by atoms with Crippen molar-refractivity contribution in [3.05, 3.63) is 0 Å². The van der Waals surface area contributed by atoms with E-state index in [9.17, 15) is 13.2 Å². The zero-order chi connectivity index (χ0) is 5.21. The van der Waals surface area contributed by atoms with E-state index in [1.165, 1.54) is 0 Å². The van der Waals surface area contributed by atoms with Gasteiger partial charge < -0.3 is 0 Å². The standard InChI is InChI=1S/C3H5F3/c1-3(5,6)2-4/h2H2,1H3. The molecule has 0 fully saturated rings. The second-order valence-electron chi connectivity index (χ2n) is 1.20. The molecule has 0 atom stereocenters. The molecule has 0 N–H and O–H groups in total. The second-order valence-corrected chi connectivity index (χ2v) is 1.20. The third-order valence-electron chi connectivity index (χ3n) is 0.235. The van der Waals surface area contributed by atoms with Crippen LogP contribution in [-0.2, 0) is 0 Å². The molecule has 0 aromatic carbocycles. The van der Waals surface area contributed by atoms with Crippen LogP contribution in [0.5, 0.6) is 0 Å². The Morgan fingerprint density at radius 3 is 1.67 bits per heavy atom. The number of rotatable bonds is 1. The fourth-order valence-corrected chi connectivity index (χ4v) is 0. The number of hydrogen-bond acceptors (Lipinski definition) is 0. The molecule has 0 heterocycles. The van der Waals surface area contributed by atoms with Gasteiger partial charge in [-0.3, -0.25) is 0 Å². The van der Waals surface area contributed by atoms with Gasteiger partial charge in [-0.2, -0.15) is 0 Å². The summed E-state index contributed by atoms with van der Waals surface area (Å²) in [5, 5.41) is 0. The summed E-state index contributed by atoms with van der Waals surface area (Å²) >= 11 is 0. The van der Waals surface area contributed by atoms with Gasteiger partial charge in [-0.05, 0) is 0 Å². The SMILES string of the molecule is CC(F)(F)CF. The highest BCUT2D eigenvalue weighted by Gasteiger charge is 2.19. The van der Waals surface area contributed by atoms with Crippen molar-refractivity contribution in [2.75, 3.05) is 6.67 Å². The van der Waals surface area contributed by atoms with Gasteiger partial charge in [0.05, 0.1) is 0 Å². The van der Waals surface area contributed by atoms with Crippen LogP contribution in [0.3, 0.4) is 0 Å². The van der Waals surface area contributed by atoms with E-state index in [-0.39, 0.29) is 0 Å². The molecule has 0 aromatic rings. The highest BCUT2D eigenvalue weighted by Crippen LogP contribution is 2.10. The van der Waals surface area contributed by atoms with E-state index < -0.39 is 12.6 Å². The van der Waals surface area contributed by atoms with Gasteiger partial charge in [0.25, 0.3) is 5.92 Å². The van der Waals surface area contributed by atoms with Gasteiger partial charge >= 0.3 is 0 Å². The van der Waals surface area contributed by atoms with Crippen LogP contribution in [0.2, 0.25) is 0 Å². The molecule has 0 aliphatic rings. The molecule has 3 heteroatoms. The van der Waals surface area contributed by atoms with Crippen molar-refractivity contribution < 1.29 is 13.2 Å². The van der Waals surface area contributed by atoms with E-state index >= 15 is 0 Å². The van der Waals surface area contributed by atoms with Crippen LogP contribution in [0.1, 0.15) is 6.92 Å². The predicted molar refractivity (Wildman–Crippen MR) is 16.6 cm³/mol. The van der Waals surface area contributed by atoms with Crippen LogP contribution in [0.15, 0.2) is 0 Å². The molecule has 0 aliphatic heterocycles. The van der Waals surface area contributed by atoms with Crippen LogP contribution in [-0.4, -0.2) is 12.6 Å². The third-order valence-corrected chi connectivity index (χ3v) is 0.235. The Hall–Kier alpha value is -0.210. The molecular formula is C3H5F3. The van der Waals surface area contributed by atoms with Gasteiger partial charge in [0.15, 0.2) is 6.67 Å². The number of halogens is 3. The lowest BCUT2D eigenvalue weighted by atomic mass is 10.4. The predicted octanol–water partition coefficient (Wildman–Crippen LogP) is 1.61. The van der Waals surface area contributed by atoms with E-state index in [0.29, 0.717) is 6.92 Å². The lowest BCUT2D eigenvalue weighted by Gasteiger charge is -1.99. The molecular weight excluding hydrogens is 93.0 g/mol. The fraction of sp³-hybridized carbons (Fsp3) is 1.00. The average molecular weight is 98.1 g/mol. The van der Waals surface area contributed by atoms with E-state index in [1.807, 2.05) is 0 Å². The Morgan fingerprint density at radius 2 is 1.67 bits per heavy atom. The van der Waals surface area contributed by atoms with Crippen LogP contribution in [0.4, 0.5) is 13.2 Å². The van der Waals surface area contributed by atoms with E-state index in [0.717, 1.165) is 0 Å². The first-order valence-corrected chi connectivity index (χ1v) is 1.50. The zero-order valence-corrected chi connectivity index (χ0v) is 3.34. The van der Waals surface area contributed by atoms with Gasteiger partial charge in [0.1, 0.15) is 0 Å². The second kappa shape index (κ2) is 1.49. The molecule has 0 nitrogen and oxygen atoms in total. The Balaban J connectivity index is 3.17. The lowest BCUT2D eigenvalue weighted by molar-refractivity contribution is -0.00293. The normalized spacial score (nSPS) is 12.0. The van der Waals surface area contributed by atoms with Crippen LogP contribution < -0.4 is 0 Å². The van der Waals surface area contributed by atoms with Gasteiger partial charge in [0.2, 0.25) is 0 Å². The molecule has 0 aliphatic carbocycles. The summed E-state index contributed by atoms with van der Waals surface area (Å²) in [6, 6.07) is 0. The van der Waals surface area contributed by atoms with Crippen molar-refractivity contribution in [1.29, 1.82) is 0 Å². The minimum absolute atomic E-state index is 0.535. The first-order valence-electron chi connectivity index (χ1n) is 1.50. The summed E-state index contributed by atoms with van der Waals surface area (Å²) in [7, 11) is 0. The lowest BCUT2D eigenvalue weighted by Crippen LogP contribution is -2.10. The maximum Gasteiger partial charge on any atom is 0.273 e. The monoisotopic (exact) mass is 98.0 g/mol. The third kappa shape index (κ3) is 3.79. The molecule has 6 heavy (non-hydrogen) atoms. The maximum atomic E-state index is 11.1. The Kier molecular flexibility index (Phi) is 1.44. The number of alkyl halides is 3. The number of hydrogen-bond donors (Lipinski definition) is 0. The molecule has 0 amide bonds. The zero-order valence-electron chi connectivity index (χ0n) is 3.34. The molecule has 0 radical (unpaired) electrons. The van der Waals surface area contributed by atoms with Crippen molar-refractivity contribution >= 4 is 0 Å². The van der Waals surface area contributed by atoms with Gasteiger partial charge in [-0.15, -0.1) is 0 Å². The summed E-state index contributed by atoms with van der Waals surface area (Å²) < 4.78 is 32.9. The molecule has 38 valence electrons. The maximum absolute atomic E-state index is 11.1. The first-order chi connectivity index (χ1) is 2.56. The summed E-state index contributed by atoms with van der Waals surface area (Å²) in [5.41, 5.74) is 0. The summed E-state index contributed by atoms with van der Waals surface area (Å²) in [4.78, 5) is 0. The summed E-state index contributed by atoms with van der Waals surface area (Å²) in [5.74, 6) is -3.12. The van der Waals surface area contributed by atoms with Crippen molar-refractivity contribution in [2.24, 2.45) is 0 Å². The van der Waals surface area contributed by atoms with Gasteiger partial charge in [-0.1, -0.05) is 0 Å². The van der Waals surface area contributed by atoms with E-state index in [1.54, 1.807) is 0 Å². The van der Waals surface area contributed by atoms with Gasteiger partial charge in [0, 0.05) is 6.92 Å². The Bertz CT molecular complexity index is 35.8. The molecule has 0 spiro atoms. The van der Waals surface area contributed by atoms with Crippen molar-refractivity contribution in [1.82, 2.24) is 0 Å². The average Bonchev–Trinajstić information content (AvgIpc) is 1.35. The first kappa shape index (κ1) is 5.79. The highest BCUT2D eigenvalue weighted by atomic mass is 19.3. The van der Waals surface area contributed by atoms with Gasteiger partial charge in [-0.25, -0.2) is 13.2 Å². The Morgan fingerprint density at radius 1 is 1.50 bits per heavy atom. The topological polar surface area (TPSA) is 0 Å². The van der Waals surface area contributed by atoms with Crippen molar-refractivity contribution in [3.8, 4) is 0 Å². The molecule has 0 rings (SSSR count). The quantitative estimate of drug-likeness (QED) is 0.467. The highest BCUT2D eigenvalue weighted by molar-refractivity contribution is 4.51. The van der Waals surface area contributed by atoms with Crippen molar-refractivity contribution in [2.45, 2.75) is 12.8 Å². The van der Waals surface area contributed by atoms with E-state index in [2.05, 4.69) is 0 Å². The summed E-state index contributed by atoms with van der Waals surface area (Å²) in [6.45, 7) is -1.03. The van der Waals surface area contributed by atoms with E-state index in [4.69, 9.17) is 0 Å². The van der Waals surface area contributed by atoms with Crippen LogP contribution in [0, 0.1) is 0 Å². The molecule has 0 aromatic heterocycles. The molecule has 0 bridgehead atoms. The molecule has 0 saturated carbocycles. The van der Waals surface area contributed by atoms with Crippen LogP contribution in [0.25, 0.3) is 0 Å². The fourth-order valence-electron chi connectivity index (χ4n) is 0. The molecule has 0 saturated heterocycles. The minimum Gasteiger partial charge on any atom is -0.245 e.